The maximum atomic E-state index is 13.0. The Morgan fingerprint density at radius 1 is 0.886 bits per heavy atom. The Hall–Kier alpha value is -3.19. The van der Waals surface area contributed by atoms with Crippen LogP contribution in [0, 0.1) is 0 Å². The van der Waals surface area contributed by atoms with Crippen LogP contribution in [0.5, 0.6) is 0 Å². The molecule has 13 heteroatoms. The predicted octanol–water partition coefficient (Wildman–Crippen LogP) is 9.32. The van der Waals surface area contributed by atoms with Gasteiger partial charge in [-0.2, -0.15) is 0 Å². The number of hydrogen-bond donors (Lipinski definition) is 1. The van der Waals surface area contributed by atoms with E-state index < -0.39 is 0 Å². The van der Waals surface area contributed by atoms with Gasteiger partial charge in [0.2, 0.25) is 5.91 Å². The number of anilines is 1. The van der Waals surface area contributed by atoms with Crippen LogP contribution < -0.4 is 5.32 Å². The van der Waals surface area contributed by atoms with Crippen LogP contribution in [-0.4, -0.2) is 42.9 Å². The summed E-state index contributed by atoms with van der Waals surface area (Å²) >= 11 is 20.2. The number of fused-ring (bicyclic) bond motifs is 1. The summed E-state index contributed by atoms with van der Waals surface area (Å²) in [6, 6.07) is 27.7. The van der Waals surface area contributed by atoms with Gasteiger partial charge in [-0.15, -0.1) is 21.5 Å². The Kier molecular flexibility index (Phi) is 9.70. The van der Waals surface area contributed by atoms with E-state index in [1.807, 2.05) is 65.2 Å². The van der Waals surface area contributed by atoms with Crippen molar-refractivity contribution in [3.63, 3.8) is 0 Å². The van der Waals surface area contributed by atoms with Crippen molar-refractivity contribution in [3.8, 4) is 17.1 Å². The van der Waals surface area contributed by atoms with Crippen LogP contribution in [0.15, 0.2) is 105 Å². The lowest BCUT2D eigenvalue weighted by Gasteiger charge is -2.11. The molecule has 2 aromatic heterocycles. The molecule has 4 aromatic carbocycles. The molecule has 7 nitrogen and oxygen atoms in total. The number of aromatic nitrogens is 4. The molecule has 0 radical (unpaired) electrons. The van der Waals surface area contributed by atoms with Gasteiger partial charge in [-0.05, 0) is 60.7 Å². The standard InChI is InChI=1S/C31H20BrCl2N5O2S3/c32-19-8-6-18(7-9-19)26(40)16-43-31-36-25-13-11-21(15-27(25)44-31)35-28(41)17-42-30-38-37-29(23-12-10-20(33)14-24(23)34)39(30)22-4-2-1-3-5-22/h1-15H,16-17H2,(H,35,41). The molecule has 6 aromatic rings. The van der Waals surface area contributed by atoms with Gasteiger partial charge in [0.25, 0.3) is 0 Å². The molecule has 0 aliphatic rings. The Morgan fingerprint density at radius 2 is 1.68 bits per heavy atom. The minimum Gasteiger partial charge on any atom is -0.325 e. The number of carbonyl (C=O) groups excluding carboxylic acids is 2. The third-order valence-corrected chi connectivity index (χ3v) is 10.5. The summed E-state index contributed by atoms with van der Waals surface area (Å²) in [5.41, 5.74) is 3.65. The largest absolute Gasteiger partial charge is 0.325 e. The van der Waals surface area contributed by atoms with E-state index in [-0.39, 0.29) is 17.4 Å². The Balaban J connectivity index is 1.13. The summed E-state index contributed by atoms with van der Waals surface area (Å²) in [5, 5.41) is 13.3. The first kappa shape index (κ1) is 30.8. The van der Waals surface area contributed by atoms with Gasteiger partial charge in [0.1, 0.15) is 0 Å². The topological polar surface area (TPSA) is 89.8 Å². The van der Waals surface area contributed by atoms with E-state index in [4.69, 9.17) is 23.2 Å². The van der Waals surface area contributed by atoms with E-state index in [0.717, 1.165) is 24.7 Å². The fourth-order valence-electron chi connectivity index (χ4n) is 4.24. The third kappa shape index (κ3) is 7.20. The van der Waals surface area contributed by atoms with Crippen molar-refractivity contribution in [1.82, 2.24) is 19.7 Å². The fourth-order valence-corrected chi connectivity index (χ4v) is 7.75. The number of nitrogens with one attached hydrogen (secondary N) is 1. The summed E-state index contributed by atoms with van der Waals surface area (Å²) in [5.74, 6) is 0.797. The zero-order valence-electron chi connectivity index (χ0n) is 22.5. The van der Waals surface area contributed by atoms with Crippen molar-refractivity contribution >= 4 is 102 Å². The summed E-state index contributed by atoms with van der Waals surface area (Å²) in [7, 11) is 0. The number of benzene rings is 4. The number of amides is 1. The second-order valence-corrected chi connectivity index (χ2v) is 14.3. The molecule has 0 bridgehead atoms. The molecule has 220 valence electrons. The molecule has 1 amide bonds. The maximum absolute atomic E-state index is 13.0. The molecule has 0 saturated carbocycles. The Labute approximate surface area is 283 Å². The third-order valence-electron chi connectivity index (χ3n) is 6.30. The number of thioether (sulfide) groups is 2. The van der Waals surface area contributed by atoms with Crippen LogP contribution in [0.3, 0.4) is 0 Å². The number of ketones is 1. The highest BCUT2D eigenvalue weighted by atomic mass is 79.9. The molecule has 0 aliphatic heterocycles. The molecule has 0 unspecified atom stereocenters. The zero-order valence-corrected chi connectivity index (χ0v) is 28.1. The normalized spacial score (nSPS) is 11.2. The minimum atomic E-state index is -0.192. The smallest absolute Gasteiger partial charge is 0.234 e. The average molecular weight is 742 g/mol. The van der Waals surface area contributed by atoms with E-state index in [0.29, 0.717) is 43.6 Å². The first-order valence-electron chi connectivity index (χ1n) is 13.0. The van der Waals surface area contributed by atoms with E-state index in [2.05, 4.69) is 36.4 Å². The van der Waals surface area contributed by atoms with E-state index in [1.54, 1.807) is 30.3 Å². The van der Waals surface area contributed by atoms with Crippen molar-refractivity contribution in [2.75, 3.05) is 16.8 Å². The number of hydrogen-bond acceptors (Lipinski definition) is 8. The second-order valence-electron chi connectivity index (χ2n) is 9.32. The van der Waals surface area contributed by atoms with Crippen LogP contribution in [0.25, 0.3) is 27.3 Å². The van der Waals surface area contributed by atoms with Gasteiger partial charge >= 0.3 is 0 Å². The number of nitrogens with zero attached hydrogens (tertiary/aromatic N) is 4. The minimum absolute atomic E-state index is 0.0405. The number of para-hydroxylation sites is 1. The highest BCUT2D eigenvalue weighted by Crippen LogP contribution is 2.34. The van der Waals surface area contributed by atoms with Crippen molar-refractivity contribution in [3.05, 3.63) is 111 Å². The first-order chi connectivity index (χ1) is 21.3. The maximum Gasteiger partial charge on any atom is 0.234 e. The van der Waals surface area contributed by atoms with E-state index in [9.17, 15) is 9.59 Å². The monoisotopic (exact) mass is 739 g/mol. The quantitative estimate of drug-likeness (QED) is 0.111. The summed E-state index contributed by atoms with van der Waals surface area (Å²) in [6.45, 7) is 0. The molecule has 0 aliphatic carbocycles. The highest BCUT2D eigenvalue weighted by molar-refractivity contribution is 9.10. The lowest BCUT2D eigenvalue weighted by molar-refractivity contribution is -0.113. The highest BCUT2D eigenvalue weighted by Gasteiger charge is 2.19. The first-order valence-corrected chi connectivity index (χ1v) is 17.4. The Morgan fingerprint density at radius 3 is 2.45 bits per heavy atom. The van der Waals surface area contributed by atoms with Gasteiger partial charge in [-0.25, -0.2) is 4.98 Å². The SMILES string of the molecule is O=C(CSc1nnc(-c2ccc(Cl)cc2Cl)n1-c1ccccc1)Nc1ccc2nc(SCC(=O)c3ccc(Br)cc3)sc2c1. The molecule has 44 heavy (non-hydrogen) atoms. The molecular formula is C31H20BrCl2N5O2S3. The van der Waals surface area contributed by atoms with Crippen LogP contribution in [-0.2, 0) is 4.79 Å². The molecule has 0 atom stereocenters. The molecule has 0 saturated heterocycles. The number of thiazole rings is 1. The van der Waals surface area contributed by atoms with Gasteiger partial charge in [0.05, 0.1) is 26.7 Å². The van der Waals surface area contributed by atoms with Crippen LogP contribution in [0.1, 0.15) is 10.4 Å². The van der Waals surface area contributed by atoms with Crippen LogP contribution >= 0.6 is 74.0 Å². The molecule has 0 spiro atoms. The molecule has 2 heterocycles. The Bertz CT molecular complexity index is 1980. The molecule has 0 fully saturated rings. The zero-order chi connectivity index (χ0) is 30.6. The lowest BCUT2D eigenvalue weighted by atomic mass is 10.2. The molecule has 6 rings (SSSR count). The van der Waals surface area contributed by atoms with Crippen molar-refractivity contribution in [2.45, 2.75) is 9.50 Å². The van der Waals surface area contributed by atoms with Crippen molar-refractivity contribution in [1.29, 1.82) is 0 Å². The molecular weight excluding hydrogens is 721 g/mol. The average Bonchev–Trinajstić information content (AvgIpc) is 3.63. The van der Waals surface area contributed by atoms with Crippen molar-refractivity contribution in [2.24, 2.45) is 0 Å². The number of halogens is 3. The van der Waals surface area contributed by atoms with Gasteiger partial charge in [-0.3, -0.25) is 14.2 Å². The van der Waals surface area contributed by atoms with Gasteiger partial charge in [-0.1, -0.05) is 93.0 Å². The second kappa shape index (κ2) is 13.8. The van der Waals surface area contributed by atoms with Gasteiger partial charge in [0, 0.05) is 32.0 Å². The number of rotatable bonds is 10. The summed E-state index contributed by atoms with van der Waals surface area (Å²) in [6.07, 6.45) is 0. The van der Waals surface area contributed by atoms with Gasteiger partial charge < -0.3 is 5.32 Å². The van der Waals surface area contributed by atoms with E-state index in [1.165, 1.54) is 34.9 Å². The van der Waals surface area contributed by atoms with Gasteiger partial charge in [0.15, 0.2) is 21.1 Å². The summed E-state index contributed by atoms with van der Waals surface area (Å²) in [4.78, 5) is 30.2. The van der Waals surface area contributed by atoms with Crippen LogP contribution in [0.2, 0.25) is 10.0 Å². The molecule has 1 N–H and O–H groups in total. The van der Waals surface area contributed by atoms with E-state index >= 15 is 0 Å². The number of carbonyl (C=O) groups is 2. The summed E-state index contributed by atoms with van der Waals surface area (Å²) < 4.78 is 4.51. The number of Topliss-reactive ketones (excluding diaryl/α,β-unsaturated/α-hetero) is 1. The van der Waals surface area contributed by atoms with Crippen LogP contribution in [0.4, 0.5) is 5.69 Å². The predicted molar refractivity (Wildman–Crippen MR) is 185 cm³/mol. The fraction of sp³-hybridized carbons (Fsp3) is 0.0645. The lowest BCUT2D eigenvalue weighted by Crippen LogP contribution is -2.14. The van der Waals surface area contributed by atoms with Crippen molar-refractivity contribution < 1.29 is 9.59 Å².